The second kappa shape index (κ2) is 9.15. The summed E-state index contributed by atoms with van der Waals surface area (Å²) >= 11 is 6.06. The predicted octanol–water partition coefficient (Wildman–Crippen LogP) is 5.28. The summed E-state index contributed by atoms with van der Waals surface area (Å²) < 4.78 is 10.5. The number of ether oxygens (including phenoxy) is 2. The largest absolute Gasteiger partial charge is 0.497 e. The van der Waals surface area contributed by atoms with Gasteiger partial charge in [-0.2, -0.15) is 0 Å². The Morgan fingerprint density at radius 2 is 1.57 bits per heavy atom. The Balaban J connectivity index is 1.61. The molecule has 3 aromatic carbocycles. The van der Waals surface area contributed by atoms with Crippen LogP contribution >= 0.6 is 11.6 Å². The molecule has 3 rings (SSSR count). The number of methoxy groups -OCH3 is 2. The number of anilines is 3. The normalized spacial score (nSPS) is 10.2. The van der Waals surface area contributed by atoms with Gasteiger partial charge >= 0.3 is 0 Å². The number of halogens is 1. The van der Waals surface area contributed by atoms with E-state index in [1.807, 2.05) is 48.5 Å². The first kappa shape index (κ1) is 19.6. The van der Waals surface area contributed by atoms with Crippen molar-refractivity contribution in [1.82, 2.24) is 0 Å². The van der Waals surface area contributed by atoms with Gasteiger partial charge in [-0.1, -0.05) is 23.7 Å². The van der Waals surface area contributed by atoms with Gasteiger partial charge in [0.1, 0.15) is 11.5 Å². The van der Waals surface area contributed by atoms with Crippen LogP contribution in [0.2, 0.25) is 5.02 Å². The zero-order valence-corrected chi connectivity index (χ0v) is 16.4. The molecule has 0 unspecified atom stereocenters. The first-order valence-corrected chi connectivity index (χ1v) is 9.08. The zero-order chi connectivity index (χ0) is 19.9. The Labute approximate surface area is 169 Å². The number of rotatable bonds is 7. The summed E-state index contributed by atoms with van der Waals surface area (Å²) in [4.78, 5) is 12.2. The van der Waals surface area contributed by atoms with Crippen LogP contribution in [0.4, 0.5) is 17.1 Å². The molecule has 0 bridgehead atoms. The van der Waals surface area contributed by atoms with Gasteiger partial charge in [0.2, 0.25) is 5.91 Å². The van der Waals surface area contributed by atoms with Crippen molar-refractivity contribution >= 4 is 34.6 Å². The summed E-state index contributed by atoms with van der Waals surface area (Å²) in [6, 6.07) is 20.2. The van der Waals surface area contributed by atoms with E-state index in [2.05, 4.69) is 10.6 Å². The van der Waals surface area contributed by atoms with Crippen LogP contribution in [0.25, 0.3) is 0 Å². The summed E-state index contributed by atoms with van der Waals surface area (Å²) in [5, 5.41) is 6.78. The third-order valence-corrected chi connectivity index (χ3v) is 4.37. The third-order valence-electron chi connectivity index (χ3n) is 4.13. The lowest BCUT2D eigenvalue weighted by atomic mass is 10.1. The summed E-state index contributed by atoms with van der Waals surface area (Å²) in [7, 11) is 3.22. The van der Waals surface area contributed by atoms with E-state index >= 15 is 0 Å². The fourth-order valence-electron chi connectivity index (χ4n) is 2.70. The minimum Gasteiger partial charge on any atom is -0.497 e. The Bertz CT molecular complexity index is 941. The highest BCUT2D eigenvalue weighted by molar-refractivity contribution is 6.31. The van der Waals surface area contributed by atoms with Crippen molar-refractivity contribution in [3.8, 4) is 11.5 Å². The standard InChI is InChI=1S/C22H21ClN2O3/c1-27-19-10-3-15(4-11-19)13-22(26)25-18-8-6-17(7-9-18)24-20-14-16(23)5-12-21(20)28-2/h3-12,14,24H,13H2,1-2H3,(H,25,26). The number of benzene rings is 3. The molecule has 28 heavy (non-hydrogen) atoms. The van der Waals surface area contributed by atoms with Crippen molar-refractivity contribution in [1.29, 1.82) is 0 Å². The molecule has 0 saturated heterocycles. The number of hydrogen-bond acceptors (Lipinski definition) is 4. The second-order valence-electron chi connectivity index (χ2n) is 6.12. The maximum absolute atomic E-state index is 12.2. The SMILES string of the molecule is COc1ccc(CC(=O)Nc2ccc(Nc3cc(Cl)ccc3OC)cc2)cc1. The second-order valence-corrected chi connectivity index (χ2v) is 6.56. The lowest BCUT2D eigenvalue weighted by molar-refractivity contribution is -0.115. The van der Waals surface area contributed by atoms with Gasteiger partial charge in [0.15, 0.2) is 0 Å². The molecule has 2 N–H and O–H groups in total. The van der Waals surface area contributed by atoms with Gasteiger partial charge in [0, 0.05) is 16.4 Å². The lowest BCUT2D eigenvalue weighted by Crippen LogP contribution is -2.14. The van der Waals surface area contributed by atoms with Crippen LogP contribution in [-0.4, -0.2) is 20.1 Å². The number of hydrogen-bond donors (Lipinski definition) is 2. The summed E-state index contributed by atoms with van der Waals surface area (Å²) in [6.45, 7) is 0. The molecule has 0 aliphatic heterocycles. The molecule has 0 aliphatic carbocycles. The van der Waals surface area contributed by atoms with Crippen LogP contribution in [0.5, 0.6) is 11.5 Å². The van der Waals surface area contributed by atoms with Crippen LogP contribution in [0, 0.1) is 0 Å². The Morgan fingerprint density at radius 3 is 2.21 bits per heavy atom. The molecule has 0 aliphatic rings. The lowest BCUT2D eigenvalue weighted by Gasteiger charge is -2.12. The summed E-state index contributed by atoms with van der Waals surface area (Å²) in [6.07, 6.45) is 0.295. The molecule has 0 radical (unpaired) electrons. The van der Waals surface area contributed by atoms with E-state index in [1.165, 1.54) is 0 Å². The fraction of sp³-hybridized carbons (Fsp3) is 0.136. The molecule has 0 heterocycles. The Hall–Kier alpha value is -3.18. The average molecular weight is 397 g/mol. The van der Waals surface area contributed by atoms with E-state index in [0.29, 0.717) is 17.2 Å². The van der Waals surface area contributed by atoms with E-state index in [4.69, 9.17) is 21.1 Å². The third kappa shape index (κ3) is 5.18. The molecule has 0 spiro atoms. The van der Waals surface area contributed by atoms with Crippen LogP contribution < -0.4 is 20.1 Å². The quantitative estimate of drug-likeness (QED) is 0.570. The monoisotopic (exact) mass is 396 g/mol. The molecule has 0 saturated carbocycles. The molecule has 3 aromatic rings. The molecule has 6 heteroatoms. The van der Waals surface area contributed by atoms with E-state index in [9.17, 15) is 4.79 Å². The molecule has 0 fully saturated rings. The molecular weight excluding hydrogens is 376 g/mol. The fourth-order valence-corrected chi connectivity index (χ4v) is 2.88. The Kier molecular flexibility index (Phi) is 6.40. The maximum Gasteiger partial charge on any atom is 0.228 e. The highest BCUT2D eigenvalue weighted by atomic mass is 35.5. The van der Waals surface area contributed by atoms with Gasteiger partial charge in [-0.3, -0.25) is 4.79 Å². The van der Waals surface area contributed by atoms with Crippen LogP contribution in [-0.2, 0) is 11.2 Å². The molecular formula is C22H21ClN2O3. The van der Waals surface area contributed by atoms with Gasteiger partial charge in [-0.05, 0) is 60.2 Å². The molecule has 0 aromatic heterocycles. The zero-order valence-electron chi connectivity index (χ0n) is 15.7. The van der Waals surface area contributed by atoms with Crippen molar-refractivity contribution in [2.24, 2.45) is 0 Å². The van der Waals surface area contributed by atoms with Crippen LogP contribution in [0.1, 0.15) is 5.56 Å². The Morgan fingerprint density at radius 1 is 0.893 bits per heavy atom. The molecule has 5 nitrogen and oxygen atoms in total. The van der Waals surface area contributed by atoms with Gasteiger partial charge in [-0.25, -0.2) is 0 Å². The first-order valence-electron chi connectivity index (χ1n) is 8.71. The van der Waals surface area contributed by atoms with E-state index < -0.39 is 0 Å². The number of carbonyl (C=O) groups excluding carboxylic acids is 1. The minimum absolute atomic E-state index is 0.0811. The highest BCUT2D eigenvalue weighted by Gasteiger charge is 2.07. The maximum atomic E-state index is 12.2. The predicted molar refractivity (Wildman–Crippen MR) is 113 cm³/mol. The van der Waals surface area contributed by atoms with Gasteiger partial charge in [0.05, 0.1) is 26.3 Å². The number of nitrogens with one attached hydrogen (secondary N) is 2. The highest BCUT2D eigenvalue weighted by Crippen LogP contribution is 2.30. The number of amides is 1. The van der Waals surface area contributed by atoms with E-state index in [0.717, 1.165) is 28.4 Å². The molecule has 144 valence electrons. The van der Waals surface area contributed by atoms with Gasteiger partial charge in [-0.15, -0.1) is 0 Å². The first-order chi connectivity index (χ1) is 13.6. The number of carbonyl (C=O) groups is 1. The molecule has 0 atom stereocenters. The van der Waals surface area contributed by atoms with E-state index in [-0.39, 0.29) is 5.91 Å². The average Bonchev–Trinajstić information content (AvgIpc) is 2.70. The summed E-state index contributed by atoms with van der Waals surface area (Å²) in [5.41, 5.74) is 3.27. The van der Waals surface area contributed by atoms with Crippen LogP contribution in [0.15, 0.2) is 66.7 Å². The minimum atomic E-state index is -0.0811. The van der Waals surface area contributed by atoms with Crippen molar-refractivity contribution in [2.45, 2.75) is 6.42 Å². The van der Waals surface area contributed by atoms with Crippen molar-refractivity contribution in [3.63, 3.8) is 0 Å². The van der Waals surface area contributed by atoms with Crippen molar-refractivity contribution < 1.29 is 14.3 Å². The smallest absolute Gasteiger partial charge is 0.228 e. The summed E-state index contributed by atoms with van der Waals surface area (Å²) in [5.74, 6) is 1.38. The topological polar surface area (TPSA) is 59.6 Å². The van der Waals surface area contributed by atoms with Gasteiger partial charge in [0.25, 0.3) is 0 Å². The molecule has 1 amide bonds. The van der Waals surface area contributed by atoms with Crippen molar-refractivity contribution in [2.75, 3.05) is 24.9 Å². The van der Waals surface area contributed by atoms with E-state index in [1.54, 1.807) is 32.4 Å². The van der Waals surface area contributed by atoms with Gasteiger partial charge < -0.3 is 20.1 Å². The van der Waals surface area contributed by atoms with Crippen molar-refractivity contribution in [3.05, 3.63) is 77.3 Å². The van der Waals surface area contributed by atoms with Crippen LogP contribution in [0.3, 0.4) is 0 Å².